The Bertz CT molecular complexity index is 237. The maximum Gasteiger partial charge on any atom is 0.00244 e. The van der Waals surface area contributed by atoms with E-state index in [4.69, 9.17) is 0 Å². The first kappa shape index (κ1) is 14.4. The van der Waals surface area contributed by atoms with Crippen LogP contribution in [0.25, 0.3) is 0 Å². The topological polar surface area (TPSA) is 0 Å². The van der Waals surface area contributed by atoms with Gasteiger partial charge in [0.05, 0.1) is 0 Å². The Morgan fingerprint density at radius 3 is 1.40 bits per heavy atom. The van der Waals surface area contributed by atoms with Crippen molar-refractivity contribution >= 4 is 10.2 Å². The Balaban J connectivity index is 0.000000583. The Morgan fingerprint density at radius 2 is 1.20 bits per heavy atom. The van der Waals surface area contributed by atoms with Crippen LogP contribution >= 0.6 is 0 Å². The van der Waals surface area contributed by atoms with Gasteiger partial charge in [0.25, 0.3) is 0 Å². The molecule has 0 aliphatic rings. The summed E-state index contributed by atoms with van der Waals surface area (Å²) in [4.78, 5) is 0. The summed E-state index contributed by atoms with van der Waals surface area (Å²) in [6, 6.07) is 10.1. The fourth-order valence-electron chi connectivity index (χ4n) is 1.56. The van der Waals surface area contributed by atoms with Gasteiger partial charge in [-0.3, -0.25) is 0 Å². The van der Waals surface area contributed by atoms with E-state index in [0.717, 1.165) is 0 Å². The van der Waals surface area contributed by atoms with Crippen LogP contribution in [0, 0.1) is 0 Å². The molecule has 0 unspecified atom stereocenters. The minimum atomic E-state index is 0.642. The molecular weight excluding hydrogens is 196 g/mol. The summed E-state index contributed by atoms with van der Waals surface area (Å²) in [5.74, 6) is 1.28. The second kappa shape index (κ2) is 7.69. The van der Waals surface area contributed by atoms with Gasteiger partial charge in [-0.2, -0.15) is 0 Å². The average Bonchev–Trinajstić information content (AvgIpc) is 2.19. The lowest BCUT2D eigenvalue weighted by molar-refractivity contribution is 0.790. The van der Waals surface area contributed by atoms with Crippen molar-refractivity contribution < 1.29 is 0 Å². The molecule has 0 bridgehead atoms. The third-order valence-electron chi connectivity index (χ3n) is 2.24. The van der Waals surface area contributed by atoms with E-state index in [1.54, 1.807) is 0 Å². The molecule has 15 heavy (non-hydrogen) atoms. The zero-order valence-electron chi connectivity index (χ0n) is 11.2. The molecule has 0 saturated carbocycles. The molecule has 0 spiro atoms. The SMILES string of the molecule is CC(C)c1ccccc1C(C)C.CC[SiH3]. The van der Waals surface area contributed by atoms with Gasteiger partial charge < -0.3 is 0 Å². The first-order valence-electron chi connectivity index (χ1n) is 6.13. The van der Waals surface area contributed by atoms with Crippen molar-refractivity contribution in [3.63, 3.8) is 0 Å². The standard InChI is InChI=1S/C12H18.C2H8Si/c1-9(2)11-7-5-6-8-12(11)10(3)4;1-2-3/h5-10H,1-4H3;2H2,1,3H3. The molecule has 0 fully saturated rings. The summed E-state index contributed by atoms with van der Waals surface area (Å²) in [5.41, 5.74) is 2.99. The van der Waals surface area contributed by atoms with Gasteiger partial charge in [0.2, 0.25) is 0 Å². The number of hydrogen-bond donors (Lipinski definition) is 0. The molecule has 0 amide bonds. The average molecular weight is 222 g/mol. The number of benzene rings is 1. The Morgan fingerprint density at radius 1 is 0.933 bits per heavy atom. The van der Waals surface area contributed by atoms with E-state index >= 15 is 0 Å². The van der Waals surface area contributed by atoms with Crippen molar-refractivity contribution in [2.24, 2.45) is 0 Å². The summed E-state index contributed by atoms with van der Waals surface area (Å²) in [5, 5.41) is 0. The van der Waals surface area contributed by atoms with Crippen molar-refractivity contribution in [3.8, 4) is 0 Å². The van der Waals surface area contributed by atoms with Crippen LogP contribution in [-0.2, 0) is 0 Å². The van der Waals surface area contributed by atoms with E-state index < -0.39 is 0 Å². The van der Waals surface area contributed by atoms with Crippen LogP contribution in [0.1, 0.15) is 57.6 Å². The highest BCUT2D eigenvalue weighted by molar-refractivity contribution is 6.08. The minimum absolute atomic E-state index is 0.642. The van der Waals surface area contributed by atoms with Gasteiger partial charge in [0.1, 0.15) is 0 Å². The summed E-state index contributed by atoms with van der Waals surface area (Å²) < 4.78 is 0. The van der Waals surface area contributed by atoms with E-state index in [9.17, 15) is 0 Å². The van der Waals surface area contributed by atoms with Crippen LogP contribution < -0.4 is 0 Å². The van der Waals surface area contributed by atoms with Crippen molar-refractivity contribution in [2.45, 2.75) is 52.5 Å². The second-order valence-corrected chi connectivity index (χ2v) is 6.06. The molecule has 0 atom stereocenters. The van der Waals surface area contributed by atoms with Gasteiger partial charge in [0.15, 0.2) is 0 Å². The third-order valence-corrected chi connectivity index (χ3v) is 2.24. The largest absolute Gasteiger partial charge is 0.0686 e. The summed E-state index contributed by atoms with van der Waals surface area (Å²) in [6.45, 7) is 11.2. The van der Waals surface area contributed by atoms with Gasteiger partial charge in [-0.05, 0) is 23.0 Å². The molecule has 0 nitrogen and oxygen atoms in total. The predicted molar refractivity (Wildman–Crippen MR) is 75.0 cm³/mol. The molecule has 86 valence electrons. The highest BCUT2D eigenvalue weighted by atomic mass is 28.1. The normalized spacial score (nSPS) is 10.3. The van der Waals surface area contributed by atoms with E-state index in [1.807, 2.05) is 0 Å². The molecule has 0 saturated heterocycles. The van der Waals surface area contributed by atoms with Gasteiger partial charge in [0, 0.05) is 10.2 Å². The molecule has 1 aromatic rings. The molecule has 0 aliphatic carbocycles. The first-order valence-corrected chi connectivity index (χ1v) is 7.54. The molecule has 0 aliphatic heterocycles. The lowest BCUT2D eigenvalue weighted by Gasteiger charge is -2.14. The fourth-order valence-corrected chi connectivity index (χ4v) is 1.56. The van der Waals surface area contributed by atoms with Gasteiger partial charge in [-0.25, -0.2) is 0 Å². The van der Waals surface area contributed by atoms with Crippen molar-refractivity contribution in [3.05, 3.63) is 35.4 Å². The zero-order valence-corrected chi connectivity index (χ0v) is 13.2. The van der Waals surface area contributed by atoms with E-state index in [-0.39, 0.29) is 0 Å². The van der Waals surface area contributed by atoms with Crippen LogP contribution in [0.5, 0.6) is 0 Å². The molecule has 0 aromatic heterocycles. The van der Waals surface area contributed by atoms with Crippen molar-refractivity contribution in [1.29, 1.82) is 0 Å². The molecule has 0 radical (unpaired) electrons. The van der Waals surface area contributed by atoms with Crippen molar-refractivity contribution in [1.82, 2.24) is 0 Å². The molecule has 1 aromatic carbocycles. The van der Waals surface area contributed by atoms with E-state index in [0.29, 0.717) is 11.8 Å². The number of hydrogen-bond acceptors (Lipinski definition) is 0. The maximum atomic E-state index is 2.25. The van der Waals surface area contributed by atoms with Crippen LogP contribution in [0.15, 0.2) is 24.3 Å². The summed E-state index contributed by atoms with van der Waals surface area (Å²) in [7, 11) is 1.37. The molecule has 0 N–H and O–H groups in total. The molecule has 1 rings (SSSR count). The highest BCUT2D eigenvalue weighted by Crippen LogP contribution is 2.25. The van der Waals surface area contributed by atoms with E-state index in [1.165, 1.54) is 27.4 Å². The van der Waals surface area contributed by atoms with Gasteiger partial charge >= 0.3 is 0 Å². The molecule has 1 heteroatoms. The van der Waals surface area contributed by atoms with Crippen LogP contribution in [0.4, 0.5) is 0 Å². The maximum absolute atomic E-state index is 2.25. The lowest BCUT2D eigenvalue weighted by Crippen LogP contribution is -1.97. The summed E-state index contributed by atoms with van der Waals surface area (Å²) >= 11 is 0. The van der Waals surface area contributed by atoms with Gasteiger partial charge in [-0.15, -0.1) is 0 Å². The smallest absolute Gasteiger partial charge is 0.00244 e. The first-order chi connectivity index (χ1) is 7.04. The van der Waals surface area contributed by atoms with Crippen molar-refractivity contribution in [2.75, 3.05) is 0 Å². The highest BCUT2D eigenvalue weighted by Gasteiger charge is 2.07. The van der Waals surface area contributed by atoms with Gasteiger partial charge in [-0.1, -0.05) is 64.9 Å². The lowest BCUT2D eigenvalue weighted by atomic mass is 9.91. The Kier molecular flexibility index (Phi) is 7.40. The predicted octanol–water partition coefficient (Wildman–Crippen LogP) is 3.72. The van der Waals surface area contributed by atoms with E-state index in [2.05, 4.69) is 58.9 Å². The van der Waals surface area contributed by atoms with Crippen LogP contribution in [-0.4, -0.2) is 10.2 Å². The monoisotopic (exact) mass is 222 g/mol. The number of rotatable bonds is 2. The second-order valence-electron chi connectivity index (χ2n) is 4.65. The Labute approximate surface area is 98.5 Å². The zero-order chi connectivity index (χ0) is 11.8. The minimum Gasteiger partial charge on any atom is -0.0686 e. The fraction of sp³-hybridized carbons (Fsp3) is 0.571. The third kappa shape index (κ3) is 5.17. The molecule has 0 heterocycles. The van der Waals surface area contributed by atoms with Crippen LogP contribution in [0.2, 0.25) is 6.04 Å². The quantitative estimate of drug-likeness (QED) is 0.669. The van der Waals surface area contributed by atoms with Crippen LogP contribution in [0.3, 0.4) is 0 Å². The molecular formula is C14H26Si. The Hall–Kier alpha value is -0.563. The summed E-state index contributed by atoms with van der Waals surface area (Å²) in [6.07, 6.45) is 0.